The lowest BCUT2D eigenvalue weighted by Crippen LogP contribution is -2.48. The maximum absolute atomic E-state index is 12.5. The summed E-state index contributed by atoms with van der Waals surface area (Å²) in [7, 11) is 1.72. The van der Waals surface area contributed by atoms with Crippen LogP contribution >= 0.6 is 0 Å². The largest absolute Gasteiger partial charge is 0.489 e. The zero-order valence-corrected chi connectivity index (χ0v) is 13.0. The number of nitrogens with zero attached hydrogens (tertiary/aromatic N) is 2. The van der Waals surface area contributed by atoms with Crippen LogP contribution in [-0.4, -0.2) is 44.6 Å². The van der Waals surface area contributed by atoms with Crippen molar-refractivity contribution in [3.63, 3.8) is 0 Å². The number of carbonyl (C=O) groups is 2. The average molecular weight is 303 g/mol. The lowest BCUT2D eigenvalue weighted by Gasteiger charge is -2.23. The quantitative estimate of drug-likeness (QED) is 0.890. The van der Waals surface area contributed by atoms with Gasteiger partial charge in [0.1, 0.15) is 18.4 Å². The molecule has 22 heavy (non-hydrogen) atoms. The lowest BCUT2D eigenvalue weighted by molar-refractivity contribution is -0.126. The van der Waals surface area contributed by atoms with Gasteiger partial charge in [0.15, 0.2) is 0 Å². The minimum atomic E-state index is -0.648. The molecule has 1 saturated heterocycles. The maximum atomic E-state index is 12.5. The van der Waals surface area contributed by atoms with E-state index >= 15 is 0 Å². The highest BCUT2D eigenvalue weighted by Gasteiger charge is 2.30. The molecular formula is C16H21N3O3. The second-order valence-corrected chi connectivity index (χ2v) is 5.81. The highest BCUT2D eigenvalue weighted by atomic mass is 16.5. The van der Waals surface area contributed by atoms with Crippen LogP contribution in [-0.2, 0) is 9.59 Å². The van der Waals surface area contributed by atoms with Crippen LogP contribution in [0.5, 0.6) is 5.75 Å². The molecule has 1 atom stereocenters. The van der Waals surface area contributed by atoms with E-state index in [1.807, 2.05) is 18.2 Å². The number of likely N-dealkylation sites (N-methyl/N-ethyl adjacent to an activating group) is 1. The number of ether oxygens (including phenoxy) is 1. The second kappa shape index (κ2) is 5.87. The fourth-order valence-electron chi connectivity index (χ4n) is 3.01. The van der Waals surface area contributed by atoms with Crippen LogP contribution in [0.25, 0.3) is 0 Å². The minimum Gasteiger partial charge on any atom is -0.489 e. The number of anilines is 2. The predicted molar refractivity (Wildman–Crippen MR) is 84.4 cm³/mol. The van der Waals surface area contributed by atoms with Crippen molar-refractivity contribution >= 4 is 23.2 Å². The number of nitrogens with one attached hydrogen (secondary N) is 1. The first-order valence-electron chi connectivity index (χ1n) is 7.63. The van der Waals surface area contributed by atoms with Crippen molar-refractivity contribution in [1.82, 2.24) is 5.32 Å². The molecule has 0 bridgehead atoms. The zero-order chi connectivity index (χ0) is 15.7. The number of hydrogen-bond acceptors (Lipinski definition) is 4. The van der Waals surface area contributed by atoms with Crippen molar-refractivity contribution in [2.24, 2.45) is 0 Å². The van der Waals surface area contributed by atoms with Crippen LogP contribution in [0.3, 0.4) is 0 Å². The van der Waals surface area contributed by atoms with Gasteiger partial charge >= 0.3 is 0 Å². The van der Waals surface area contributed by atoms with Gasteiger partial charge in [-0.1, -0.05) is 0 Å². The van der Waals surface area contributed by atoms with Crippen LogP contribution in [0.4, 0.5) is 11.4 Å². The van der Waals surface area contributed by atoms with Crippen molar-refractivity contribution in [3.05, 3.63) is 18.2 Å². The summed E-state index contributed by atoms with van der Waals surface area (Å²) >= 11 is 0. The number of amides is 2. The van der Waals surface area contributed by atoms with E-state index in [0.29, 0.717) is 5.75 Å². The van der Waals surface area contributed by atoms with Gasteiger partial charge < -0.3 is 19.9 Å². The zero-order valence-electron chi connectivity index (χ0n) is 13.0. The van der Waals surface area contributed by atoms with Crippen molar-refractivity contribution < 1.29 is 14.3 Å². The summed E-state index contributed by atoms with van der Waals surface area (Å²) in [6.07, 6.45) is 2.40. The number of carbonyl (C=O) groups excluding carboxylic acids is 2. The summed E-state index contributed by atoms with van der Waals surface area (Å²) < 4.78 is 5.72. The standard InChI is InChI=1S/C16H21N3O3/c1-11(20)17-13-10-22-15-6-5-12(19-7-3-4-8-19)9-14(15)18(2)16(13)21/h5-6,9,13H,3-4,7-8,10H2,1-2H3,(H,17,20). The Balaban J connectivity index is 1.88. The third-order valence-corrected chi connectivity index (χ3v) is 4.19. The van der Waals surface area contributed by atoms with E-state index in [2.05, 4.69) is 10.2 Å². The first-order chi connectivity index (χ1) is 10.6. The third-order valence-electron chi connectivity index (χ3n) is 4.19. The molecule has 1 aromatic rings. The molecule has 3 rings (SSSR count). The number of hydrogen-bond donors (Lipinski definition) is 1. The molecule has 2 amide bonds. The normalized spacial score (nSPS) is 21.2. The fourth-order valence-corrected chi connectivity index (χ4v) is 3.01. The Bertz CT molecular complexity index is 596. The first kappa shape index (κ1) is 14.7. The summed E-state index contributed by atoms with van der Waals surface area (Å²) in [6, 6.07) is 5.28. The topological polar surface area (TPSA) is 61.9 Å². The van der Waals surface area contributed by atoms with Crippen molar-refractivity contribution in [2.45, 2.75) is 25.8 Å². The molecular weight excluding hydrogens is 282 g/mol. The van der Waals surface area contributed by atoms with E-state index in [9.17, 15) is 9.59 Å². The van der Waals surface area contributed by atoms with Crippen molar-refractivity contribution in [3.8, 4) is 5.75 Å². The fraction of sp³-hybridized carbons (Fsp3) is 0.500. The first-order valence-corrected chi connectivity index (χ1v) is 7.63. The number of fused-ring (bicyclic) bond motifs is 1. The number of rotatable bonds is 2. The van der Waals surface area contributed by atoms with Gasteiger partial charge in [0.2, 0.25) is 5.91 Å². The molecule has 0 saturated carbocycles. The molecule has 1 unspecified atom stereocenters. The Morgan fingerprint density at radius 1 is 1.32 bits per heavy atom. The van der Waals surface area contributed by atoms with Crippen LogP contribution in [0.15, 0.2) is 18.2 Å². The van der Waals surface area contributed by atoms with E-state index in [-0.39, 0.29) is 18.4 Å². The van der Waals surface area contributed by atoms with Gasteiger partial charge in [-0.3, -0.25) is 9.59 Å². The molecule has 6 heteroatoms. The molecule has 0 spiro atoms. The molecule has 1 aromatic carbocycles. The Labute approximate surface area is 130 Å². The van der Waals surface area contributed by atoms with Crippen LogP contribution in [0.1, 0.15) is 19.8 Å². The summed E-state index contributed by atoms with van der Waals surface area (Å²) in [5.41, 5.74) is 1.86. The van der Waals surface area contributed by atoms with Gasteiger partial charge in [0.05, 0.1) is 5.69 Å². The molecule has 2 aliphatic heterocycles. The van der Waals surface area contributed by atoms with Gasteiger partial charge in [0, 0.05) is 32.7 Å². The Kier molecular flexibility index (Phi) is 3.92. The van der Waals surface area contributed by atoms with Gasteiger partial charge in [-0.15, -0.1) is 0 Å². The Hall–Kier alpha value is -2.24. The summed E-state index contributed by atoms with van der Waals surface area (Å²) in [5, 5.41) is 2.64. The van der Waals surface area contributed by atoms with Crippen LogP contribution in [0.2, 0.25) is 0 Å². The molecule has 2 heterocycles. The predicted octanol–water partition coefficient (Wildman–Crippen LogP) is 1.15. The third kappa shape index (κ3) is 2.73. The van der Waals surface area contributed by atoms with Crippen LogP contribution < -0.4 is 19.9 Å². The van der Waals surface area contributed by atoms with Crippen molar-refractivity contribution in [1.29, 1.82) is 0 Å². The van der Waals surface area contributed by atoms with Crippen LogP contribution in [0, 0.1) is 0 Å². The molecule has 2 aliphatic rings. The minimum absolute atomic E-state index is 0.152. The second-order valence-electron chi connectivity index (χ2n) is 5.81. The molecule has 118 valence electrons. The summed E-state index contributed by atoms with van der Waals surface area (Å²) in [6.45, 7) is 3.65. The van der Waals surface area contributed by atoms with E-state index in [1.54, 1.807) is 11.9 Å². The molecule has 0 aromatic heterocycles. The van der Waals surface area contributed by atoms with Gasteiger partial charge in [-0.25, -0.2) is 0 Å². The van der Waals surface area contributed by atoms with Crippen molar-refractivity contribution in [2.75, 3.05) is 36.5 Å². The Morgan fingerprint density at radius 2 is 2.05 bits per heavy atom. The highest BCUT2D eigenvalue weighted by Crippen LogP contribution is 2.35. The maximum Gasteiger partial charge on any atom is 0.252 e. The average Bonchev–Trinajstić information content (AvgIpc) is 3.00. The summed E-state index contributed by atoms with van der Waals surface area (Å²) in [5.74, 6) is 0.276. The monoisotopic (exact) mass is 303 g/mol. The molecule has 1 fully saturated rings. The number of benzene rings is 1. The molecule has 0 radical (unpaired) electrons. The molecule has 1 N–H and O–H groups in total. The van der Waals surface area contributed by atoms with E-state index in [0.717, 1.165) is 24.5 Å². The summed E-state index contributed by atoms with van der Waals surface area (Å²) in [4.78, 5) is 27.6. The Morgan fingerprint density at radius 3 is 2.73 bits per heavy atom. The van der Waals surface area contributed by atoms with Gasteiger partial charge in [-0.05, 0) is 31.0 Å². The van der Waals surface area contributed by atoms with E-state index in [4.69, 9.17) is 4.74 Å². The molecule has 0 aliphatic carbocycles. The molecule has 6 nitrogen and oxygen atoms in total. The van der Waals surface area contributed by atoms with Gasteiger partial charge in [0.25, 0.3) is 5.91 Å². The lowest BCUT2D eigenvalue weighted by atomic mass is 10.2. The highest BCUT2D eigenvalue weighted by molar-refractivity contribution is 6.00. The SMILES string of the molecule is CC(=O)NC1COc2ccc(N3CCCC3)cc2N(C)C1=O. The van der Waals surface area contributed by atoms with E-state index < -0.39 is 6.04 Å². The smallest absolute Gasteiger partial charge is 0.252 e. The van der Waals surface area contributed by atoms with E-state index in [1.165, 1.54) is 19.8 Å². The van der Waals surface area contributed by atoms with Gasteiger partial charge in [-0.2, -0.15) is 0 Å².